The highest BCUT2D eigenvalue weighted by molar-refractivity contribution is 6.30. The van der Waals surface area contributed by atoms with Gasteiger partial charge < -0.3 is 9.88 Å². The van der Waals surface area contributed by atoms with E-state index in [1.54, 1.807) is 0 Å². The third-order valence-corrected chi connectivity index (χ3v) is 5.42. The van der Waals surface area contributed by atoms with Crippen LogP contribution in [-0.4, -0.2) is 15.5 Å². The van der Waals surface area contributed by atoms with Gasteiger partial charge >= 0.3 is 0 Å². The van der Waals surface area contributed by atoms with Gasteiger partial charge in [0.05, 0.1) is 5.69 Å². The smallest absolute Gasteiger partial charge is 0.276 e. The monoisotopic (exact) mass is 393 g/mol. The van der Waals surface area contributed by atoms with E-state index >= 15 is 0 Å². The lowest BCUT2D eigenvalue weighted by Gasteiger charge is -2.09. The number of fused-ring (bicyclic) bond motifs is 1. The molecule has 1 N–H and O–H groups in total. The highest BCUT2D eigenvalue weighted by atomic mass is 35.5. The summed E-state index contributed by atoms with van der Waals surface area (Å²) in [6, 6.07) is 13.7. The summed E-state index contributed by atoms with van der Waals surface area (Å²) < 4.78 is 2.21. The first-order valence-electron chi connectivity index (χ1n) is 9.76. The molecule has 5 heteroatoms. The van der Waals surface area contributed by atoms with Gasteiger partial charge in [0.15, 0.2) is 0 Å². The van der Waals surface area contributed by atoms with Crippen LogP contribution in [0.2, 0.25) is 5.02 Å². The van der Waals surface area contributed by atoms with Gasteiger partial charge in [0.1, 0.15) is 11.5 Å². The number of nitrogens with one attached hydrogen (secondary N) is 1. The number of nitrogens with zero attached hydrogens (tertiary/aromatic N) is 2. The average Bonchev–Trinajstić information content (AvgIpc) is 2.83. The highest BCUT2D eigenvalue weighted by Gasteiger charge is 2.24. The zero-order valence-corrected chi connectivity index (χ0v) is 17.0. The zero-order valence-electron chi connectivity index (χ0n) is 16.3. The number of benzene rings is 2. The van der Waals surface area contributed by atoms with Gasteiger partial charge in [0.2, 0.25) is 0 Å². The molecule has 0 radical (unpaired) electrons. The SMILES string of the molecule is Cc1cc(C)cc(NC(=O)c2nc(-c3ccc(Cl)cc3)n3c2CCCCC3)c1. The lowest BCUT2D eigenvalue weighted by molar-refractivity contribution is 0.102. The Bertz CT molecular complexity index is 1000. The number of carbonyl (C=O) groups excluding carboxylic acids is 1. The van der Waals surface area contributed by atoms with Gasteiger partial charge in [-0.2, -0.15) is 0 Å². The minimum Gasteiger partial charge on any atom is -0.327 e. The van der Waals surface area contributed by atoms with Gasteiger partial charge in [-0.3, -0.25) is 4.79 Å². The fraction of sp³-hybridized carbons (Fsp3) is 0.304. The molecule has 0 unspecified atom stereocenters. The summed E-state index contributed by atoms with van der Waals surface area (Å²) in [6.07, 6.45) is 4.22. The number of aryl methyl sites for hydroxylation is 2. The standard InChI is InChI=1S/C23H24ClN3O/c1-15-12-16(2)14-19(13-15)25-23(28)21-20-6-4-3-5-11-27(20)22(26-21)17-7-9-18(24)10-8-17/h7-10,12-14H,3-6,11H2,1-2H3,(H,25,28). The Labute approximate surface area is 170 Å². The lowest BCUT2D eigenvalue weighted by Crippen LogP contribution is -2.15. The van der Waals surface area contributed by atoms with Crippen molar-refractivity contribution in [3.05, 3.63) is 70.0 Å². The van der Waals surface area contributed by atoms with Gasteiger partial charge in [0, 0.05) is 22.8 Å². The summed E-state index contributed by atoms with van der Waals surface area (Å²) in [4.78, 5) is 17.9. The molecule has 4 nitrogen and oxygen atoms in total. The van der Waals surface area contributed by atoms with Crippen molar-refractivity contribution in [1.29, 1.82) is 0 Å². The number of halogens is 1. The predicted octanol–water partition coefficient (Wildman–Crippen LogP) is 5.80. The summed E-state index contributed by atoms with van der Waals surface area (Å²) in [5, 5.41) is 3.74. The van der Waals surface area contributed by atoms with Crippen LogP contribution in [0.1, 0.15) is 46.6 Å². The van der Waals surface area contributed by atoms with E-state index in [1.165, 1.54) is 6.42 Å². The van der Waals surface area contributed by atoms with E-state index in [-0.39, 0.29) is 5.91 Å². The second kappa shape index (κ2) is 7.80. The summed E-state index contributed by atoms with van der Waals surface area (Å²) in [5.74, 6) is 0.704. The Hall–Kier alpha value is -2.59. The van der Waals surface area contributed by atoms with Crippen LogP contribution in [0.5, 0.6) is 0 Å². The first-order chi connectivity index (χ1) is 13.5. The lowest BCUT2D eigenvalue weighted by atomic mass is 10.1. The number of carbonyl (C=O) groups is 1. The molecule has 28 heavy (non-hydrogen) atoms. The number of hydrogen-bond donors (Lipinski definition) is 1. The van der Waals surface area contributed by atoms with Gasteiger partial charge in [-0.05, 0) is 80.6 Å². The second-order valence-electron chi connectivity index (χ2n) is 7.53. The molecule has 0 bridgehead atoms. The third kappa shape index (κ3) is 3.83. The molecule has 144 valence electrons. The quantitative estimate of drug-likeness (QED) is 0.611. The molecule has 3 aromatic rings. The molecule has 1 aromatic heterocycles. The fourth-order valence-corrected chi connectivity index (χ4v) is 4.08. The molecule has 0 fully saturated rings. The third-order valence-electron chi connectivity index (χ3n) is 5.16. The molecule has 4 rings (SSSR count). The van der Waals surface area contributed by atoms with Crippen molar-refractivity contribution in [3.63, 3.8) is 0 Å². The number of amides is 1. The van der Waals surface area contributed by atoms with Crippen LogP contribution in [0.3, 0.4) is 0 Å². The summed E-state index contributed by atoms with van der Waals surface area (Å²) in [5.41, 5.74) is 5.61. The summed E-state index contributed by atoms with van der Waals surface area (Å²) in [6.45, 7) is 4.95. The number of imidazole rings is 1. The van der Waals surface area contributed by atoms with Crippen LogP contribution in [0.15, 0.2) is 42.5 Å². The molecule has 0 saturated heterocycles. The molecule has 0 spiro atoms. The van der Waals surface area contributed by atoms with E-state index in [0.717, 1.165) is 59.7 Å². The van der Waals surface area contributed by atoms with Crippen LogP contribution < -0.4 is 5.32 Å². The van der Waals surface area contributed by atoms with Gasteiger partial charge in [0.25, 0.3) is 5.91 Å². The molecule has 2 heterocycles. The predicted molar refractivity (Wildman–Crippen MR) is 114 cm³/mol. The van der Waals surface area contributed by atoms with Crippen molar-refractivity contribution >= 4 is 23.2 Å². The summed E-state index contributed by atoms with van der Waals surface area (Å²) in [7, 11) is 0. The van der Waals surface area contributed by atoms with Crippen molar-refractivity contribution in [1.82, 2.24) is 9.55 Å². The van der Waals surface area contributed by atoms with Crippen LogP contribution in [0, 0.1) is 13.8 Å². The minimum atomic E-state index is -0.143. The van der Waals surface area contributed by atoms with Crippen molar-refractivity contribution in [3.8, 4) is 11.4 Å². The van der Waals surface area contributed by atoms with Crippen molar-refractivity contribution in [2.24, 2.45) is 0 Å². The van der Waals surface area contributed by atoms with Crippen molar-refractivity contribution in [2.45, 2.75) is 46.1 Å². The number of anilines is 1. The molecular formula is C23H24ClN3O. The Morgan fingerprint density at radius 3 is 2.46 bits per heavy atom. The van der Waals surface area contributed by atoms with Crippen LogP contribution in [-0.2, 0) is 13.0 Å². The molecule has 0 saturated carbocycles. The van der Waals surface area contributed by atoms with Gasteiger partial charge in [-0.25, -0.2) is 4.98 Å². The maximum Gasteiger partial charge on any atom is 0.276 e. The molecule has 1 aliphatic heterocycles. The van der Waals surface area contributed by atoms with E-state index in [4.69, 9.17) is 16.6 Å². The Balaban J connectivity index is 1.73. The van der Waals surface area contributed by atoms with E-state index < -0.39 is 0 Å². The van der Waals surface area contributed by atoms with Gasteiger partial charge in [-0.15, -0.1) is 0 Å². The van der Waals surface area contributed by atoms with E-state index in [2.05, 4.69) is 16.0 Å². The minimum absolute atomic E-state index is 0.143. The molecule has 1 amide bonds. The average molecular weight is 394 g/mol. The van der Waals surface area contributed by atoms with Gasteiger partial charge in [-0.1, -0.05) is 24.1 Å². The van der Waals surface area contributed by atoms with Crippen LogP contribution in [0.25, 0.3) is 11.4 Å². The zero-order chi connectivity index (χ0) is 19.7. The first-order valence-corrected chi connectivity index (χ1v) is 10.1. The highest BCUT2D eigenvalue weighted by Crippen LogP contribution is 2.28. The molecular weight excluding hydrogens is 370 g/mol. The topological polar surface area (TPSA) is 46.9 Å². The first kappa shape index (κ1) is 18.8. The van der Waals surface area contributed by atoms with Crippen molar-refractivity contribution < 1.29 is 4.79 Å². The Kier molecular flexibility index (Phi) is 5.23. The normalized spacial score (nSPS) is 13.7. The van der Waals surface area contributed by atoms with E-state index in [1.807, 2.05) is 50.2 Å². The number of rotatable bonds is 3. The molecule has 0 atom stereocenters. The summed E-state index contributed by atoms with van der Waals surface area (Å²) >= 11 is 6.05. The maximum atomic E-state index is 13.1. The largest absolute Gasteiger partial charge is 0.327 e. The van der Waals surface area contributed by atoms with Crippen molar-refractivity contribution in [2.75, 3.05) is 5.32 Å². The maximum absolute atomic E-state index is 13.1. The fourth-order valence-electron chi connectivity index (χ4n) is 3.96. The van der Waals surface area contributed by atoms with E-state index in [0.29, 0.717) is 10.7 Å². The van der Waals surface area contributed by atoms with Crippen LogP contribution >= 0.6 is 11.6 Å². The van der Waals surface area contributed by atoms with Crippen LogP contribution in [0.4, 0.5) is 5.69 Å². The number of hydrogen-bond acceptors (Lipinski definition) is 2. The Morgan fingerprint density at radius 2 is 1.75 bits per heavy atom. The second-order valence-corrected chi connectivity index (χ2v) is 7.97. The number of aromatic nitrogens is 2. The molecule has 0 aliphatic carbocycles. The Morgan fingerprint density at radius 1 is 1.04 bits per heavy atom. The molecule has 2 aromatic carbocycles. The molecule has 1 aliphatic rings. The van der Waals surface area contributed by atoms with E-state index in [9.17, 15) is 4.79 Å².